The van der Waals surface area contributed by atoms with E-state index in [4.69, 9.17) is 4.74 Å². The van der Waals surface area contributed by atoms with E-state index >= 15 is 0 Å². The van der Waals surface area contributed by atoms with E-state index in [2.05, 4.69) is 15.9 Å². The van der Waals surface area contributed by atoms with Gasteiger partial charge in [-0.05, 0) is 38.5 Å². The zero-order chi connectivity index (χ0) is 12.3. The average molecular weight is 313 g/mol. The minimum Gasteiger partial charge on any atom is -0.383 e. The fourth-order valence-electron chi connectivity index (χ4n) is 1.67. The first-order valence-corrected chi connectivity index (χ1v) is 6.88. The van der Waals surface area contributed by atoms with Crippen LogP contribution in [-0.2, 0) is 11.3 Å². The number of hydrogen-bond acceptors (Lipinski definition) is 3. The molecule has 2 nitrogen and oxygen atoms in total. The van der Waals surface area contributed by atoms with Crippen molar-refractivity contribution in [2.75, 3.05) is 7.11 Å². The van der Waals surface area contributed by atoms with Crippen molar-refractivity contribution in [2.24, 2.45) is 0 Å². The van der Waals surface area contributed by atoms with Crippen molar-refractivity contribution in [2.45, 2.75) is 12.7 Å². The van der Waals surface area contributed by atoms with Gasteiger partial charge in [-0.1, -0.05) is 24.3 Å². The molecule has 1 N–H and O–H groups in total. The Bertz CT molecular complexity index is 496. The van der Waals surface area contributed by atoms with Crippen LogP contribution in [0, 0.1) is 0 Å². The van der Waals surface area contributed by atoms with Gasteiger partial charge in [0.2, 0.25) is 0 Å². The molecule has 17 heavy (non-hydrogen) atoms. The van der Waals surface area contributed by atoms with E-state index in [1.54, 1.807) is 18.4 Å². The Balaban J connectivity index is 2.28. The topological polar surface area (TPSA) is 29.5 Å². The number of benzene rings is 1. The summed E-state index contributed by atoms with van der Waals surface area (Å²) < 4.78 is 6.04. The maximum Gasteiger partial charge on any atom is 0.114 e. The second kappa shape index (κ2) is 5.78. The van der Waals surface area contributed by atoms with E-state index in [1.165, 1.54) is 0 Å². The molecule has 1 atom stereocenters. The summed E-state index contributed by atoms with van der Waals surface area (Å²) in [5.74, 6) is 0. The standard InChI is InChI=1S/C13H13BrO2S/c1-16-8-9-3-2-4-10(7-9)12(15)13-11(14)5-6-17-13/h2-7,12,15H,8H2,1H3. The van der Waals surface area contributed by atoms with Crippen LogP contribution in [0.3, 0.4) is 0 Å². The molecule has 4 heteroatoms. The van der Waals surface area contributed by atoms with Crippen molar-refractivity contribution in [1.82, 2.24) is 0 Å². The third-order valence-corrected chi connectivity index (χ3v) is 4.39. The Morgan fingerprint density at radius 3 is 2.88 bits per heavy atom. The van der Waals surface area contributed by atoms with Gasteiger partial charge in [-0.15, -0.1) is 11.3 Å². The van der Waals surface area contributed by atoms with E-state index in [1.807, 2.05) is 35.7 Å². The fraction of sp³-hybridized carbons (Fsp3) is 0.231. The molecule has 2 rings (SSSR count). The molecule has 90 valence electrons. The highest BCUT2D eigenvalue weighted by Crippen LogP contribution is 2.33. The first kappa shape index (κ1) is 12.8. The van der Waals surface area contributed by atoms with Crippen LogP contribution in [0.2, 0.25) is 0 Å². The minimum atomic E-state index is -0.582. The van der Waals surface area contributed by atoms with Crippen molar-refractivity contribution >= 4 is 27.3 Å². The molecular weight excluding hydrogens is 300 g/mol. The SMILES string of the molecule is COCc1cccc(C(O)c2sccc2Br)c1. The summed E-state index contributed by atoms with van der Waals surface area (Å²) in [7, 11) is 1.67. The van der Waals surface area contributed by atoms with Crippen LogP contribution in [0.1, 0.15) is 22.1 Å². The van der Waals surface area contributed by atoms with Gasteiger partial charge in [-0.3, -0.25) is 0 Å². The normalized spacial score (nSPS) is 12.6. The number of rotatable bonds is 4. The number of ether oxygens (including phenoxy) is 1. The Morgan fingerprint density at radius 1 is 1.41 bits per heavy atom. The highest BCUT2D eigenvalue weighted by atomic mass is 79.9. The molecule has 0 fully saturated rings. The lowest BCUT2D eigenvalue weighted by atomic mass is 10.1. The van der Waals surface area contributed by atoms with Crippen molar-refractivity contribution in [3.63, 3.8) is 0 Å². The van der Waals surface area contributed by atoms with Gasteiger partial charge >= 0.3 is 0 Å². The Labute approximate surface area is 113 Å². The summed E-state index contributed by atoms with van der Waals surface area (Å²) in [6.45, 7) is 0.562. The molecule has 0 bridgehead atoms. The number of aliphatic hydroxyl groups excluding tert-OH is 1. The second-order valence-corrected chi connectivity index (χ2v) is 5.52. The van der Waals surface area contributed by atoms with Gasteiger partial charge in [0.25, 0.3) is 0 Å². The highest BCUT2D eigenvalue weighted by Gasteiger charge is 2.15. The molecule has 0 amide bonds. The molecule has 0 saturated heterocycles. The van der Waals surface area contributed by atoms with E-state index < -0.39 is 6.10 Å². The van der Waals surface area contributed by atoms with Gasteiger partial charge in [0.15, 0.2) is 0 Å². The molecule has 0 spiro atoms. The maximum atomic E-state index is 10.3. The second-order valence-electron chi connectivity index (χ2n) is 3.71. The number of thiophene rings is 1. The summed E-state index contributed by atoms with van der Waals surface area (Å²) in [6.07, 6.45) is -0.582. The van der Waals surface area contributed by atoms with Gasteiger partial charge in [0, 0.05) is 11.6 Å². The highest BCUT2D eigenvalue weighted by molar-refractivity contribution is 9.10. The molecule has 0 saturated carbocycles. The Morgan fingerprint density at radius 2 is 2.24 bits per heavy atom. The number of halogens is 1. The molecule has 0 aliphatic heterocycles. The number of methoxy groups -OCH3 is 1. The van der Waals surface area contributed by atoms with Gasteiger partial charge < -0.3 is 9.84 Å². The lowest BCUT2D eigenvalue weighted by Crippen LogP contribution is -1.99. The van der Waals surface area contributed by atoms with Gasteiger partial charge in [-0.25, -0.2) is 0 Å². The quantitative estimate of drug-likeness (QED) is 0.932. The van der Waals surface area contributed by atoms with E-state index in [-0.39, 0.29) is 0 Å². The Kier molecular flexibility index (Phi) is 4.34. The van der Waals surface area contributed by atoms with Gasteiger partial charge in [-0.2, -0.15) is 0 Å². The van der Waals surface area contributed by atoms with Crippen molar-refractivity contribution in [1.29, 1.82) is 0 Å². The van der Waals surface area contributed by atoms with Crippen LogP contribution in [0.4, 0.5) is 0 Å². The summed E-state index contributed by atoms with van der Waals surface area (Å²) in [4.78, 5) is 0.930. The fourth-order valence-corrected chi connectivity index (χ4v) is 3.27. The molecule has 1 aromatic heterocycles. The van der Waals surface area contributed by atoms with Crippen LogP contribution in [-0.4, -0.2) is 12.2 Å². The molecule has 2 aromatic rings. The van der Waals surface area contributed by atoms with Crippen molar-refractivity contribution in [3.05, 3.63) is 56.2 Å². The first-order valence-electron chi connectivity index (χ1n) is 5.21. The van der Waals surface area contributed by atoms with E-state index in [0.29, 0.717) is 6.61 Å². The summed E-state index contributed by atoms with van der Waals surface area (Å²) in [6, 6.07) is 9.77. The molecule has 0 radical (unpaired) electrons. The minimum absolute atomic E-state index is 0.562. The molecule has 1 unspecified atom stereocenters. The summed E-state index contributed by atoms with van der Waals surface area (Å²) in [5, 5.41) is 12.3. The largest absolute Gasteiger partial charge is 0.383 e. The predicted octanol–water partition coefficient (Wildman–Crippen LogP) is 3.74. The number of hydrogen-bond donors (Lipinski definition) is 1. The lowest BCUT2D eigenvalue weighted by molar-refractivity contribution is 0.184. The monoisotopic (exact) mass is 312 g/mol. The molecule has 1 aromatic carbocycles. The smallest absolute Gasteiger partial charge is 0.114 e. The molecule has 1 heterocycles. The third-order valence-electron chi connectivity index (χ3n) is 2.47. The molecular formula is C13H13BrO2S. The number of aliphatic hydroxyl groups is 1. The van der Waals surface area contributed by atoms with Crippen LogP contribution in [0.5, 0.6) is 0 Å². The van der Waals surface area contributed by atoms with E-state index in [9.17, 15) is 5.11 Å². The third kappa shape index (κ3) is 2.96. The van der Waals surface area contributed by atoms with Gasteiger partial charge in [0.1, 0.15) is 6.10 Å². The van der Waals surface area contributed by atoms with Crippen LogP contribution in [0.25, 0.3) is 0 Å². The molecule has 0 aliphatic carbocycles. The lowest BCUT2D eigenvalue weighted by Gasteiger charge is -2.11. The molecule has 0 aliphatic rings. The zero-order valence-corrected chi connectivity index (χ0v) is 11.8. The first-order chi connectivity index (χ1) is 8.22. The van der Waals surface area contributed by atoms with Crippen LogP contribution < -0.4 is 0 Å². The van der Waals surface area contributed by atoms with Gasteiger partial charge in [0.05, 0.1) is 11.5 Å². The average Bonchev–Trinajstić information content (AvgIpc) is 2.75. The van der Waals surface area contributed by atoms with Crippen molar-refractivity contribution < 1.29 is 9.84 Å². The van der Waals surface area contributed by atoms with E-state index in [0.717, 1.165) is 20.5 Å². The van der Waals surface area contributed by atoms with Crippen LogP contribution >= 0.6 is 27.3 Å². The summed E-state index contributed by atoms with van der Waals surface area (Å²) in [5.41, 5.74) is 1.96. The predicted molar refractivity (Wildman–Crippen MR) is 73.2 cm³/mol. The Hall–Kier alpha value is -0.680. The maximum absolute atomic E-state index is 10.3. The van der Waals surface area contributed by atoms with Crippen molar-refractivity contribution in [3.8, 4) is 0 Å². The van der Waals surface area contributed by atoms with Crippen LogP contribution in [0.15, 0.2) is 40.2 Å². The zero-order valence-electron chi connectivity index (χ0n) is 9.39. The summed E-state index contributed by atoms with van der Waals surface area (Å²) >= 11 is 4.98.